The lowest BCUT2D eigenvalue weighted by Crippen LogP contribution is -2.45. The smallest absolute Gasteiger partial charge is 0.456 e. The largest absolute Gasteiger partial charge is 0.465 e. The Bertz CT molecular complexity index is 441. The summed E-state index contributed by atoms with van der Waals surface area (Å²) in [6.07, 6.45) is -5.97. The lowest BCUT2D eigenvalue weighted by atomic mass is 10.2. The van der Waals surface area contributed by atoms with Gasteiger partial charge in [-0.05, 0) is 11.1 Å². The molecule has 0 aliphatic carbocycles. The maximum absolute atomic E-state index is 12.5. The SMILES string of the molecule is O=C(OCc1ccc(CCl)cc1)C(F)(F)C(F)(F)F. The summed E-state index contributed by atoms with van der Waals surface area (Å²) in [5, 5.41) is 0. The fourth-order valence-electron chi connectivity index (χ4n) is 1.08. The van der Waals surface area contributed by atoms with E-state index in [1.54, 1.807) is 0 Å². The molecule has 0 saturated carbocycles. The average molecular weight is 303 g/mol. The van der Waals surface area contributed by atoms with Gasteiger partial charge in [-0.2, -0.15) is 22.0 Å². The molecule has 0 fully saturated rings. The molecule has 0 aliphatic heterocycles. The van der Waals surface area contributed by atoms with Crippen molar-refractivity contribution in [2.75, 3.05) is 0 Å². The maximum Gasteiger partial charge on any atom is 0.465 e. The molecule has 0 atom stereocenters. The Morgan fingerprint density at radius 1 is 1.05 bits per heavy atom. The molecule has 0 heterocycles. The number of carbonyl (C=O) groups excluding carboxylic acids is 1. The van der Waals surface area contributed by atoms with Crippen molar-refractivity contribution in [2.45, 2.75) is 24.6 Å². The van der Waals surface area contributed by atoms with Crippen LogP contribution in [0.1, 0.15) is 11.1 Å². The zero-order valence-corrected chi connectivity index (χ0v) is 10.1. The van der Waals surface area contributed by atoms with Gasteiger partial charge in [-0.1, -0.05) is 24.3 Å². The molecular weight excluding hydrogens is 295 g/mol. The molecule has 19 heavy (non-hydrogen) atoms. The molecule has 0 amide bonds. The highest BCUT2D eigenvalue weighted by molar-refractivity contribution is 6.17. The third kappa shape index (κ3) is 3.79. The molecule has 0 radical (unpaired) electrons. The maximum atomic E-state index is 12.5. The van der Waals surface area contributed by atoms with Crippen LogP contribution in [-0.4, -0.2) is 18.1 Å². The van der Waals surface area contributed by atoms with Crippen LogP contribution >= 0.6 is 11.6 Å². The quantitative estimate of drug-likeness (QED) is 0.482. The van der Waals surface area contributed by atoms with E-state index in [4.69, 9.17) is 11.6 Å². The van der Waals surface area contributed by atoms with Crippen LogP contribution in [0.3, 0.4) is 0 Å². The van der Waals surface area contributed by atoms with E-state index in [-0.39, 0.29) is 11.4 Å². The fourth-order valence-corrected chi connectivity index (χ4v) is 1.26. The van der Waals surface area contributed by atoms with E-state index in [0.29, 0.717) is 0 Å². The highest BCUT2D eigenvalue weighted by Crippen LogP contribution is 2.36. The molecule has 2 nitrogen and oxygen atoms in total. The Morgan fingerprint density at radius 2 is 1.53 bits per heavy atom. The topological polar surface area (TPSA) is 26.3 Å². The summed E-state index contributed by atoms with van der Waals surface area (Å²) in [6, 6.07) is 5.91. The first-order chi connectivity index (χ1) is 8.68. The summed E-state index contributed by atoms with van der Waals surface area (Å²) in [5.41, 5.74) is 1.01. The zero-order chi connectivity index (χ0) is 14.7. The van der Waals surface area contributed by atoms with Crippen LogP contribution in [0.15, 0.2) is 24.3 Å². The average Bonchev–Trinajstić information content (AvgIpc) is 2.35. The van der Waals surface area contributed by atoms with Crippen LogP contribution in [0.4, 0.5) is 22.0 Å². The molecule has 0 aromatic heterocycles. The predicted octanol–water partition coefficient (Wildman–Crippen LogP) is 3.67. The second-order valence-electron chi connectivity index (χ2n) is 3.60. The van der Waals surface area contributed by atoms with Gasteiger partial charge in [0.2, 0.25) is 0 Å². The number of hydrogen-bond acceptors (Lipinski definition) is 2. The number of halogens is 6. The molecule has 8 heteroatoms. The van der Waals surface area contributed by atoms with Crippen LogP contribution in [-0.2, 0) is 22.0 Å². The van der Waals surface area contributed by atoms with E-state index in [0.717, 1.165) is 5.56 Å². The molecule has 0 saturated heterocycles. The van der Waals surface area contributed by atoms with Crippen LogP contribution in [0, 0.1) is 0 Å². The first kappa shape index (κ1) is 15.7. The Hall–Kier alpha value is -1.37. The van der Waals surface area contributed by atoms with Crippen molar-refractivity contribution in [2.24, 2.45) is 0 Å². The molecule has 0 aliphatic rings. The van der Waals surface area contributed by atoms with E-state index >= 15 is 0 Å². The van der Waals surface area contributed by atoms with Crippen LogP contribution < -0.4 is 0 Å². The Balaban J connectivity index is 2.63. The van der Waals surface area contributed by atoms with E-state index in [9.17, 15) is 26.7 Å². The van der Waals surface area contributed by atoms with Gasteiger partial charge < -0.3 is 4.74 Å². The minimum absolute atomic E-state index is 0.228. The Kier molecular flexibility index (Phi) is 4.73. The van der Waals surface area contributed by atoms with Crippen molar-refractivity contribution < 1.29 is 31.5 Å². The summed E-state index contributed by atoms with van der Waals surface area (Å²) < 4.78 is 64.5. The monoisotopic (exact) mass is 302 g/mol. The lowest BCUT2D eigenvalue weighted by molar-refractivity contribution is -0.281. The van der Waals surface area contributed by atoms with Gasteiger partial charge in [0.25, 0.3) is 0 Å². The number of alkyl halides is 6. The molecule has 1 aromatic rings. The highest BCUT2D eigenvalue weighted by Gasteiger charge is 2.64. The number of benzene rings is 1. The second-order valence-corrected chi connectivity index (χ2v) is 3.87. The van der Waals surface area contributed by atoms with Gasteiger partial charge in [0, 0.05) is 5.88 Å². The summed E-state index contributed by atoms with van der Waals surface area (Å²) >= 11 is 5.51. The molecule has 106 valence electrons. The number of rotatable bonds is 4. The Labute approximate surface area is 110 Å². The summed E-state index contributed by atoms with van der Waals surface area (Å²) in [6.45, 7) is -0.674. The molecule has 0 spiro atoms. The zero-order valence-electron chi connectivity index (χ0n) is 9.31. The number of ether oxygens (including phenoxy) is 1. The number of carbonyl (C=O) groups is 1. The third-order valence-electron chi connectivity index (χ3n) is 2.16. The minimum atomic E-state index is -5.97. The predicted molar refractivity (Wildman–Crippen MR) is 56.8 cm³/mol. The molecule has 0 N–H and O–H groups in total. The first-order valence-corrected chi connectivity index (χ1v) is 5.47. The van der Waals surface area contributed by atoms with E-state index in [2.05, 4.69) is 4.74 Å². The van der Waals surface area contributed by atoms with Gasteiger partial charge in [0.15, 0.2) is 0 Å². The third-order valence-corrected chi connectivity index (χ3v) is 2.47. The van der Waals surface area contributed by atoms with Crippen molar-refractivity contribution in [3.8, 4) is 0 Å². The number of hydrogen-bond donors (Lipinski definition) is 0. The van der Waals surface area contributed by atoms with Gasteiger partial charge in [-0.25, -0.2) is 4.79 Å². The lowest BCUT2D eigenvalue weighted by Gasteiger charge is -2.17. The van der Waals surface area contributed by atoms with E-state index in [1.807, 2.05) is 0 Å². The van der Waals surface area contributed by atoms with Gasteiger partial charge in [-0.3, -0.25) is 0 Å². The van der Waals surface area contributed by atoms with Crippen molar-refractivity contribution in [1.29, 1.82) is 0 Å². The summed E-state index contributed by atoms with van der Waals surface area (Å²) in [5.74, 6) is -7.91. The first-order valence-electron chi connectivity index (χ1n) is 4.94. The van der Waals surface area contributed by atoms with Crippen LogP contribution in [0.25, 0.3) is 0 Å². The normalized spacial score (nSPS) is 12.3. The van der Waals surface area contributed by atoms with Crippen LogP contribution in [0.2, 0.25) is 0 Å². The molecular formula is C11H8ClF5O2. The van der Waals surface area contributed by atoms with Gasteiger partial charge in [0.1, 0.15) is 6.61 Å². The van der Waals surface area contributed by atoms with Crippen molar-refractivity contribution in [1.82, 2.24) is 0 Å². The van der Waals surface area contributed by atoms with E-state index in [1.165, 1.54) is 24.3 Å². The second kappa shape index (κ2) is 5.73. The van der Waals surface area contributed by atoms with Crippen molar-refractivity contribution >= 4 is 17.6 Å². The van der Waals surface area contributed by atoms with Gasteiger partial charge in [0.05, 0.1) is 0 Å². The molecule has 1 aromatic carbocycles. The molecule has 0 unspecified atom stereocenters. The fraction of sp³-hybridized carbons (Fsp3) is 0.364. The van der Waals surface area contributed by atoms with Crippen molar-refractivity contribution in [3.63, 3.8) is 0 Å². The van der Waals surface area contributed by atoms with Crippen LogP contribution in [0.5, 0.6) is 0 Å². The standard InChI is InChI=1S/C11H8ClF5O2/c12-5-7-1-3-8(4-2-7)6-19-9(18)10(13,14)11(15,16)17/h1-4H,5-6H2. The molecule has 1 rings (SSSR count). The van der Waals surface area contributed by atoms with E-state index < -0.39 is 24.7 Å². The van der Waals surface area contributed by atoms with Gasteiger partial charge >= 0.3 is 18.1 Å². The minimum Gasteiger partial charge on any atom is -0.456 e. The molecule has 0 bridgehead atoms. The number of esters is 1. The highest BCUT2D eigenvalue weighted by atomic mass is 35.5. The van der Waals surface area contributed by atoms with Crippen molar-refractivity contribution in [3.05, 3.63) is 35.4 Å². The Morgan fingerprint density at radius 3 is 1.95 bits per heavy atom. The summed E-state index contributed by atoms with van der Waals surface area (Å²) in [4.78, 5) is 10.7. The summed E-state index contributed by atoms with van der Waals surface area (Å²) in [7, 11) is 0. The van der Waals surface area contributed by atoms with Gasteiger partial charge in [-0.15, -0.1) is 11.6 Å².